The summed E-state index contributed by atoms with van der Waals surface area (Å²) in [5, 5.41) is 0.766. The maximum atomic E-state index is 6.21. The molecule has 1 aromatic carbocycles. The maximum Gasteiger partial charge on any atom is 0.162 e. The van der Waals surface area contributed by atoms with Crippen LogP contribution in [0.15, 0.2) is 18.2 Å². The Kier molecular flexibility index (Phi) is 5.26. The van der Waals surface area contributed by atoms with Crippen molar-refractivity contribution >= 4 is 23.2 Å². The molecule has 0 saturated carbocycles. The molecule has 1 aromatic heterocycles. The molecule has 0 aliphatic heterocycles. The fourth-order valence-electron chi connectivity index (χ4n) is 1.95. The van der Waals surface area contributed by atoms with Crippen LogP contribution in [-0.4, -0.2) is 24.2 Å². The second-order valence-corrected chi connectivity index (χ2v) is 5.17. The summed E-state index contributed by atoms with van der Waals surface area (Å²) < 4.78 is 10.5. The molecule has 1 heterocycles. The standard InChI is InChI=1S/C15H16Cl2N2O2/c1-4-5-12-13(16)18-15(19-14(12)17)9-6-10(20-2)8-11(7-9)21-3/h6-8H,4-5H2,1-3H3. The number of aromatic nitrogens is 2. The summed E-state index contributed by atoms with van der Waals surface area (Å²) in [4.78, 5) is 8.66. The average Bonchev–Trinajstić information content (AvgIpc) is 2.50. The van der Waals surface area contributed by atoms with Crippen molar-refractivity contribution in [3.8, 4) is 22.9 Å². The maximum absolute atomic E-state index is 6.21. The Morgan fingerprint density at radius 3 is 1.90 bits per heavy atom. The normalized spacial score (nSPS) is 10.5. The lowest BCUT2D eigenvalue weighted by Crippen LogP contribution is -1.98. The third kappa shape index (κ3) is 3.57. The fraction of sp³-hybridized carbons (Fsp3) is 0.333. The first kappa shape index (κ1) is 15.9. The summed E-state index contributed by atoms with van der Waals surface area (Å²) in [7, 11) is 3.17. The van der Waals surface area contributed by atoms with E-state index in [0.29, 0.717) is 27.6 Å². The highest BCUT2D eigenvalue weighted by Gasteiger charge is 2.13. The molecule has 21 heavy (non-hydrogen) atoms. The van der Waals surface area contributed by atoms with Gasteiger partial charge in [-0.1, -0.05) is 36.5 Å². The summed E-state index contributed by atoms with van der Waals surface area (Å²) in [5.41, 5.74) is 1.51. The van der Waals surface area contributed by atoms with Crippen LogP contribution in [0.1, 0.15) is 18.9 Å². The lowest BCUT2D eigenvalue weighted by atomic mass is 10.1. The molecule has 2 rings (SSSR count). The molecule has 6 heteroatoms. The summed E-state index contributed by atoms with van der Waals surface area (Å²) in [6, 6.07) is 5.40. The Labute approximate surface area is 134 Å². The van der Waals surface area contributed by atoms with Crippen LogP contribution < -0.4 is 9.47 Å². The average molecular weight is 327 g/mol. The van der Waals surface area contributed by atoms with Gasteiger partial charge in [0.05, 0.1) is 14.2 Å². The zero-order chi connectivity index (χ0) is 15.4. The Balaban J connectivity index is 2.51. The first-order valence-electron chi connectivity index (χ1n) is 6.54. The van der Waals surface area contributed by atoms with Crippen molar-refractivity contribution in [2.45, 2.75) is 19.8 Å². The van der Waals surface area contributed by atoms with E-state index in [2.05, 4.69) is 9.97 Å². The van der Waals surface area contributed by atoms with Crippen molar-refractivity contribution < 1.29 is 9.47 Å². The van der Waals surface area contributed by atoms with Crippen molar-refractivity contribution in [1.29, 1.82) is 0 Å². The molecule has 0 unspecified atom stereocenters. The number of rotatable bonds is 5. The molecule has 0 aliphatic rings. The van der Waals surface area contributed by atoms with Gasteiger partial charge in [-0.15, -0.1) is 0 Å². The number of hydrogen-bond acceptors (Lipinski definition) is 4. The van der Waals surface area contributed by atoms with Crippen LogP contribution in [0.5, 0.6) is 11.5 Å². The van der Waals surface area contributed by atoms with Crippen molar-refractivity contribution in [2.75, 3.05) is 14.2 Å². The van der Waals surface area contributed by atoms with Gasteiger partial charge in [0.25, 0.3) is 0 Å². The molecule has 4 nitrogen and oxygen atoms in total. The number of benzene rings is 1. The number of halogens is 2. The second kappa shape index (κ2) is 6.96. The van der Waals surface area contributed by atoms with Gasteiger partial charge in [0.2, 0.25) is 0 Å². The molecule has 0 radical (unpaired) electrons. The van der Waals surface area contributed by atoms with E-state index in [9.17, 15) is 0 Å². The Morgan fingerprint density at radius 2 is 1.48 bits per heavy atom. The molecular formula is C15H16Cl2N2O2. The van der Waals surface area contributed by atoms with E-state index in [1.54, 1.807) is 20.3 Å². The predicted octanol–water partition coefficient (Wildman–Crippen LogP) is 4.42. The van der Waals surface area contributed by atoms with Gasteiger partial charge in [0.15, 0.2) is 5.82 Å². The van der Waals surface area contributed by atoms with E-state index >= 15 is 0 Å². The summed E-state index contributed by atoms with van der Waals surface area (Å²) in [6.45, 7) is 2.05. The van der Waals surface area contributed by atoms with E-state index in [1.165, 1.54) is 0 Å². The Morgan fingerprint density at radius 1 is 0.952 bits per heavy atom. The Bertz CT molecular complexity index is 602. The van der Waals surface area contributed by atoms with Gasteiger partial charge in [-0.2, -0.15) is 0 Å². The topological polar surface area (TPSA) is 44.2 Å². The molecule has 0 spiro atoms. The molecule has 0 atom stereocenters. The van der Waals surface area contributed by atoms with Crippen LogP contribution in [0.25, 0.3) is 11.4 Å². The third-order valence-corrected chi connectivity index (χ3v) is 3.64. The SMILES string of the molecule is CCCc1c(Cl)nc(-c2cc(OC)cc(OC)c2)nc1Cl. The highest BCUT2D eigenvalue weighted by atomic mass is 35.5. The molecule has 0 fully saturated rings. The number of hydrogen-bond donors (Lipinski definition) is 0. The number of nitrogens with zero attached hydrogens (tertiary/aromatic N) is 2. The van der Waals surface area contributed by atoms with Crippen LogP contribution in [0.2, 0.25) is 10.3 Å². The van der Waals surface area contributed by atoms with Crippen molar-refractivity contribution in [3.63, 3.8) is 0 Å². The summed E-state index contributed by atoms with van der Waals surface area (Å²) in [6.07, 6.45) is 1.68. The fourth-order valence-corrected chi connectivity index (χ4v) is 2.53. The van der Waals surface area contributed by atoms with Gasteiger partial charge < -0.3 is 9.47 Å². The van der Waals surface area contributed by atoms with E-state index in [0.717, 1.165) is 24.0 Å². The lowest BCUT2D eigenvalue weighted by Gasteiger charge is -2.10. The molecule has 0 N–H and O–H groups in total. The monoisotopic (exact) mass is 326 g/mol. The third-order valence-electron chi connectivity index (χ3n) is 3.02. The van der Waals surface area contributed by atoms with Crippen molar-refractivity contribution in [3.05, 3.63) is 34.1 Å². The first-order valence-corrected chi connectivity index (χ1v) is 7.30. The quantitative estimate of drug-likeness (QED) is 0.763. The van der Waals surface area contributed by atoms with E-state index in [4.69, 9.17) is 32.7 Å². The number of methoxy groups -OCH3 is 2. The van der Waals surface area contributed by atoms with Gasteiger partial charge in [-0.05, 0) is 18.6 Å². The van der Waals surface area contributed by atoms with E-state index in [1.807, 2.05) is 19.1 Å². The van der Waals surface area contributed by atoms with Crippen LogP contribution in [0.3, 0.4) is 0 Å². The van der Waals surface area contributed by atoms with Crippen LogP contribution >= 0.6 is 23.2 Å². The summed E-state index contributed by atoms with van der Waals surface area (Å²) >= 11 is 12.4. The molecule has 2 aromatic rings. The first-order chi connectivity index (χ1) is 10.1. The van der Waals surface area contributed by atoms with Gasteiger partial charge in [0, 0.05) is 17.2 Å². The van der Waals surface area contributed by atoms with Gasteiger partial charge >= 0.3 is 0 Å². The second-order valence-electron chi connectivity index (χ2n) is 4.46. The molecule has 0 saturated heterocycles. The summed E-state index contributed by atoms with van der Waals surface area (Å²) in [5.74, 6) is 1.75. The predicted molar refractivity (Wildman–Crippen MR) is 84.6 cm³/mol. The molecule has 0 amide bonds. The minimum absolute atomic E-state index is 0.383. The minimum atomic E-state index is 0.383. The van der Waals surface area contributed by atoms with Crippen LogP contribution in [0.4, 0.5) is 0 Å². The van der Waals surface area contributed by atoms with E-state index in [-0.39, 0.29) is 0 Å². The molecular weight excluding hydrogens is 311 g/mol. The van der Waals surface area contributed by atoms with Gasteiger partial charge in [0.1, 0.15) is 21.8 Å². The minimum Gasteiger partial charge on any atom is -0.497 e. The molecule has 112 valence electrons. The zero-order valence-corrected chi connectivity index (χ0v) is 13.6. The van der Waals surface area contributed by atoms with Crippen molar-refractivity contribution in [1.82, 2.24) is 9.97 Å². The van der Waals surface area contributed by atoms with E-state index < -0.39 is 0 Å². The van der Waals surface area contributed by atoms with Gasteiger partial charge in [-0.25, -0.2) is 9.97 Å². The smallest absolute Gasteiger partial charge is 0.162 e. The van der Waals surface area contributed by atoms with Crippen molar-refractivity contribution in [2.24, 2.45) is 0 Å². The lowest BCUT2D eigenvalue weighted by molar-refractivity contribution is 0.394. The zero-order valence-electron chi connectivity index (χ0n) is 12.1. The number of ether oxygens (including phenoxy) is 2. The van der Waals surface area contributed by atoms with Gasteiger partial charge in [-0.3, -0.25) is 0 Å². The Hall–Kier alpha value is -1.52. The highest BCUT2D eigenvalue weighted by Crippen LogP contribution is 2.31. The van der Waals surface area contributed by atoms with Crippen LogP contribution in [-0.2, 0) is 6.42 Å². The molecule has 0 bridgehead atoms. The highest BCUT2D eigenvalue weighted by molar-refractivity contribution is 6.34. The molecule has 0 aliphatic carbocycles. The van der Waals surface area contributed by atoms with Crippen LogP contribution in [0, 0.1) is 0 Å². The largest absolute Gasteiger partial charge is 0.497 e.